The maximum absolute atomic E-state index is 13.1. The van der Waals surface area contributed by atoms with Gasteiger partial charge >= 0.3 is 0 Å². The lowest BCUT2D eigenvalue weighted by molar-refractivity contribution is -0.385. The van der Waals surface area contributed by atoms with Gasteiger partial charge < -0.3 is 9.47 Å². The van der Waals surface area contributed by atoms with Crippen molar-refractivity contribution in [2.75, 3.05) is 38.3 Å². The van der Waals surface area contributed by atoms with Gasteiger partial charge in [-0.15, -0.1) is 0 Å². The summed E-state index contributed by atoms with van der Waals surface area (Å²) in [4.78, 5) is 10.3. The lowest BCUT2D eigenvalue weighted by Crippen LogP contribution is -2.40. The fourth-order valence-electron chi connectivity index (χ4n) is 2.85. The summed E-state index contributed by atoms with van der Waals surface area (Å²) in [5.74, 6) is 0.733. The van der Waals surface area contributed by atoms with Gasteiger partial charge in [0.15, 0.2) is 0 Å². The van der Waals surface area contributed by atoms with Gasteiger partial charge in [0, 0.05) is 25.2 Å². The summed E-state index contributed by atoms with van der Waals surface area (Å²) in [6.45, 7) is 3.36. The second-order valence-corrected chi connectivity index (χ2v) is 8.23. The van der Waals surface area contributed by atoms with Gasteiger partial charge in [0.05, 0.1) is 36.6 Å². The molecule has 1 aliphatic rings. The first-order valence-electron chi connectivity index (χ1n) is 9.30. The Morgan fingerprint density at radius 3 is 2.57 bits per heavy atom. The van der Waals surface area contributed by atoms with E-state index in [0.717, 1.165) is 17.4 Å². The molecule has 0 aliphatic carbocycles. The lowest BCUT2D eigenvalue weighted by Gasteiger charge is -2.26. The number of sulfonamides is 1. The molecule has 160 valence electrons. The summed E-state index contributed by atoms with van der Waals surface area (Å²) in [6, 6.07) is 10.8. The lowest BCUT2D eigenvalue weighted by atomic mass is 10.2. The second kappa shape index (κ2) is 9.65. The monoisotopic (exact) mass is 434 g/mol. The molecule has 0 amide bonds. The number of nitrogens with zero attached hydrogens (tertiary/aromatic N) is 3. The predicted octanol–water partition coefficient (Wildman–Crippen LogP) is 2.46. The van der Waals surface area contributed by atoms with E-state index in [-0.39, 0.29) is 42.6 Å². The molecule has 0 radical (unpaired) electrons. The molecule has 0 spiro atoms. The molecule has 1 heterocycles. The van der Waals surface area contributed by atoms with Gasteiger partial charge in [-0.2, -0.15) is 9.41 Å². The van der Waals surface area contributed by atoms with Crippen molar-refractivity contribution in [1.82, 2.24) is 4.31 Å². The first-order valence-corrected chi connectivity index (χ1v) is 10.7. The Hall–Kier alpha value is -3.02. The maximum Gasteiger partial charge on any atom is 0.270 e. The van der Waals surface area contributed by atoms with Crippen molar-refractivity contribution in [3.8, 4) is 5.75 Å². The normalized spacial score (nSPS) is 15.2. The van der Waals surface area contributed by atoms with Crippen LogP contribution >= 0.6 is 0 Å². The number of nitro benzene ring substituents is 1. The van der Waals surface area contributed by atoms with Crippen LogP contribution in [0.4, 0.5) is 11.4 Å². The van der Waals surface area contributed by atoms with Gasteiger partial charge in [0.25, 0.3) is 5.69 Å². The zero-order valence-electron chi connectivity index (χ0n) is 16.4. The third-order valence-electron chi connectivity index (χ3n) is 4.35. The first kappa shape index (κ1) is 21.7. The van der Waals surface area contributed by atoms with Gasteiger partial charge in [-0.3, -0.25) is 15.5 Å². The van der Waals surface area contributed by atoms with Crippen molar-refractivity contribution in [2.24, 2.45) is 5.10 Å². The molecule has 30 heavy (non-hydrogen) atoms. The van der Waals surface area contributed by atoms with Gasteiger partial charge in [-0.25, -0.2) is 8.42 Å². The van der Waals surface area contributed by atoms with Crippen molar-refractivity contribution < 1.29 is 22.8 Å². The highest BCUT2D eigenvalue weighted by molar-refractivity contribution is 7.89. The summed E-state index contributed by atoms with van der Waals surface area (Å²) in [5.41, 5.74) is 3.29. The molecule has 1 N–H and O–H groups in total. The van der Waals surface area contributed by atoms with Crippen LogP contribution in [0.1, 0.15) is 12.5 Å². The Kier molecular flexibility index (Phi) is 6.98. The van der Waals surface area contributed by atoms with Crippen molar-refractivity contribution in [3.05, 3.63) is 58.1 Å². The van der Waals surface area contributed by atoms with Crippen LogP contribution in [-0.4, -0.2) is 56.8 Å². The number of hydrazone groups is 1. The van der Waals surface area contributed by atoms with E-state index in [4.69, 9.17) is 9.47 Å². The van der Waals surface area contributed by atoms with Crippen LogP contribution in [0.2, 0.25) is 0 Å². The van der Waals surface area contributed by atoms with E-state index >= 15 is 0 Å². The largest absolute Gasteiger partial charge is 0.494 e. The fraction of sp³-hybridized carbons (Fsp3) is 0.316. The van der Waals surface area contributed by atoms with Crippen LogP contribution in [0.25, 0.3) is 0 Å². The van der Waals surface area contributed by atoms with Crippen LogP contribution in [0.5, 0.6) is 5.75 Å². The number of nitrogens with one attached hydrogen (secondary N) is 1. The van der Waals surface area contributed by atoms with Crippen LogP contribution in [0.15, 0.2) is 52.5 Å². The Labute approximate surface area is 174 Å². The van der Waals surface area contributed by atoms with Crippen molar-refractivity contribution >= 4 is 27.6 Å². The van der Waals surface area contributed by atoms with Crippen molar-refractivity contribution in [2.45, 2.75) is 11.8 Å². The number of nitro groups is 1. The smallest absolute Gasteiger partial charge is 0.270 e. The summed E-state index contributed by atoms with van der Waals surface area (Å²) < 4.78 is 37.9. The number of non-ortho nitro benzene ring substituents is 1. The number of benzene rings is 2. The standard InChI is InChI=1S/C19H22N4O6S/c1-2-29-17-6-3-15(4-7-17)14-20-21-18-8-5-16(23(24)25)13-19(18)30(26,27)22-9-11-28-12-10-22/h3-8,13-14,21H,2,9-12H2,1H3/b20-14+. The van der Waals surface area contributed by atoms with Crippen LogP contribution < -0.4 is 10.2 Å². The first-order chi connectivity index (χ1) is 14.4. The molecule has 0 aromatic heterocycles. The number of hydrogen-bond donors (Lipinski definition) is 1. The molecule has 11 heteroatoms. The second-order valence-electron chi connectivity index (χ2n) is 6.33. The molecule has 2 aromatic carbocycles. The number of rotatable bonds is 8. The topological polar surface area (TPSA) is 123 Å². The molecule has 1 saturated heterocycles. The van der Waals surface area contributed by atoms with Gasteiger partial charge in [-0.05, 0) is 42.8 Å². The minimum absolute atomic E-state index is 0.147. The summed E-state index contributed by atoms with van der Waals surface area (Å²) >= 11 is 0. The van der Waals surface area contributed by atoms with Gasteiger partial charge in [0.1, 0.15) is 10.6 Å². The molecular formula is C19H22N4O6S. The zero-order valence-corrected chi connectivity index (χ0v) is 17.2. The Balaban J connectivity index is 1.85. The molecule has 3 rings (SSSR count). The molecule has 0 unspecified atom stereocenters. The number of anilines is 1. The maximum atomic E-state index is 13.1. The van der Waals surface area contributed by atoms with Crippen LogP contribution in [0, 0.1) is 10.1 Å². The summed E-state index contributed by atoms with van der Waals surface area (Å²) in [6.07, 6.45) is 1.52. The SMILES string of the molecule is CCOc1ccc(/C=N/Nc2ccc([N+](=O)[O-])cc2S(=O)(=O)N2CCOCC2)cc1. The molecule has 0 atom stereocenters. The molecule has 0 saturated carbocycles. The molecule has 0 bridgehead atoms. The molecule has 1 aliphatic heterocycles. The van der Waals surface area contributed by atoms with Crippen LogP contribution in [-0.2, 0) is 14.8 Å². The molecular weight excluding hydrogens is 412 g/mol. The Morgan fingerprint density at radius 1 is 1.23 bits per heavy atom. The minimum atomic E-state index is -3.96. The van der Waals surface area contributed by atoms with E-state index < -0.39 is 14.9 Å². The number of morpholine rings is 1. The van der Waals surface area contributed by atoms with Crippen LogP contribution in [0.3, 0.4) is 0 Å². The third kappa shape index (κ3) is 5.12. The summed E-state index contributed by atoms with van der Waals surface area (Å²) in [5, 5.41) is 15.2. The van der Waals surface area contributed by atoms with Crippen molar-refractivity contribution in [1.29, 1.82) is 0 Å². The number of hydrogen-bond acceptors (Lipinski definition) is 8. The van der Waals surface area contributed by atoms with E-state index in [0.29, 0.717) is 6.61 Å². The molecule has 2 aromatic rings. The highest BCUT2D eigenvalue weighted by Gasteiger charge is 2.30. The molecule has 10 nitrogen and oxygen atoms in total. The minimum Gasteiger partial charge on any atom is -0.494 e. The average Bonchev–Trinajstić information content (AvgIpc) is 2.76. The van der Waals surface area contributed by atoms with E-state index in [1.165, 1.54) is 22.7 Å². The van der Waals surface area contributed by atoms with Gasteiger partial charge in [-0.1, -0.05) is 0 Å². The highest BCUT2D eigenvalue weighted by atomic mass is 32.2. The zero-order chi connectivity index (χ0) is 21.6. The third-order valence-corrected chi connectivity index (χ3v) is 6.29. The van der Waals surface area contributed by atoms with E-state index in [1.807, 2.05) is 6.92 Å². The highest BCUT2D eigenvalue weighted by Crippen LogP contribution is 2.29. The Bertz CT molecular complexity index is 1020. The average molecular weight is 434 g/mol. The predicted molar refractivity (Wildman–Crippen MR) is 112 cm³/mol. The fourth-order valence-corrected chi connectivity index (χ4v) is 4.42. The van der Waals surface area contributed by atoms with E-state index in [9.17, 15) is 18.5 Å². The quantitative estimate of drug-likeness (QED) is 0.384. The van der Waals surface area contributed by atoms with Gasteiger partial charge in [0.2, 0.25) is 10.0 Å². The summed E-state index contributed by atoms with van der Waals surface area (Å²) in [7, 11) is -3.96. The Morgan fingerprint density at radius 2 is 1.93 bits per heavy atom. The van der Waals surface area contributed by atoms with Crippen molar-refractivity contribution in [3.63, 3.8) is 0 Å². The molecule has 1 fully saturated rings. The van der Waals surface area contributed by atoms with E-state index in [2.05, 4.69) is 10.5 Å². The van der Waals surface area contributed by atoms with E-state index in [1.54, 1.807) is 24.3 Å². The number of ether oxygens (including phenoxy) is 2.